The van der Waals surface area contributed by atoms with Gasteiger partial charge in [0.05, 0.1) is 6.54 Å². The van der Waals surface area contributed by atoms with Crippen molar-refractivity contribution in [1.82, 2.24) is 4.57 Å². The van der Waals surface area contributed by atoms with Crippen LogP contribution in [0.4, 0.5) is 10.1 Å². The molecular weight excluding hydrogens is 355 g/mol. The molecule has 1 amide bonds. The van der Waals surface area contributed by atoms with Gasteiger partial charge in [-0.2, -0.15) is 0 Å². The van der Waals surface area contributed by atoms with Gasteiger partial charge in [0.15, 0.2) is 0 Å². The largest absolute Gasteiger partial charge is 0.322 e. The molecule has 0 atom stereocenters. The van der Waals surface area contributed by atoms with Gasteiger partial charge < -0.3 is 9.88 Å². The van der Waals surface area contributed by atoms with E-state index in [1.54, 1.807) is 42.6 Å². The highest BCUT2D eigenvalue weighted by Crippen LogP contribution is 2.20. The Bertz CT molecular complexity index is 1030. The van der Waals surface area contributed by atoms with Crippen molar-refractivity contribution in [2.75, 3.05) is 5.32 Å². The number of amides is 1. The number of nitrogens with one attached hydrogen (secondary N) is 1. The van der Waals surface area contributed by atoms with Gasteiger partial charge in [0, 0.05) is 16.9 Å². The van der Waals surface area contributed by atoms with Gasteiger partial charge in [0.2, 0.25) is 0 Å². The zero-order chi connectivity index (χ0) is 18.7. The maximum absolute atomic E-state index is 13.3. The molecule has 0 fully saturated rings. The van der Waals surface area contributed by atoms with Crippen LogP contribution >= 0.6 is 11.6 Å². The van der Waals surface area contributed by atoms with Crippen LogP contribution in [-0.4, -0.2) is 10.5 Å². The Morgan fingerprint density at radius 2 is 1.96 bits per heavy atom. The van der Waals surface area contributed by atoms with Crippen LogP contribution in [-0.2, 0) is 6.54 Å². The van der Waals surface area contributed by atoms with Crippen molar-refractivity contribution >= 4 is 23.2 Å². The van der Waals surface area contributed by atoms with Crippen LogP contribution in [0.15, 0.2) is 65.6 Å². The van der Waals surface area contributed by atoms with Crippen molar-refractivity contribution in [3.05, 3.63) is 98.7 Å². The van der Waals surface area contributed by atoms with Crippen molar-refractivity contribution in [2.24, 2.45) is 0 Å². The summed E-state index contributed by atoms with van der Waals surface area (Å²) in [5.74, 6) is -0.899. The molecule has 0 unspecified atom stereocenters. The first-order valence-corrected chi connectivity index (χ1v) is 8.33. The lowest BCUT2D eigenvalue weighted by Gasteiger charge is -2.10. The van der Waals surface area contributed by atoms with E-state index in [1.807, 2.05) is 6.92 Å². The summed E-state index contributed by atoms with van der Waals surface area (Å²) in [4.78, 5) is 25.1. The van der Waals surface area contributed by atoms with Crippen LogP contribution in [0.3, 0.4) is 0 Å². The lowest BCUT2D eigenvalue weighted by molar-refractivity contribution is 0.102. The minimum absolute atomic E-state index is 0.000556. The summed E-state index contributed by atoms with van der Waals surface area (Å²) in [6, 6.07) is 14.2. The molecular formula is C20H16ClFN2O2. The zero-order valence-corrected chi connectivity index (χ0v) is 14.8. The first-order chi connectivity index (χ1) is 12.4. The highest BCUT2D eigenvalue weighted by atomic mass is 35.5. The molecule has 0 aliphatic carbocycles. The SMILES string of the molecule is Cc1ccc(NC(=O)c2cccn(Cc3cccc(F)c3)c2=O)cc1Cl. The van der Waals surface area contributed by atoms with Gasteiger partial charge in [-0.15, -0.1) is 0 Å². The molecule has 3 aromatic rings. The van der Waals surface area contributed by atoms with Crippen LogP contribution in [0, 0.1) is 12.7 Å². The summed E-state index contributed by atoms with van der Waals surface area (Å²) in [5, 5.41) is 3.20. The fourth-order valence-corrected chi connectivity index (χ4v) is 2.72. The highest BCUT2D eigenvalue weighted by Gasteiger charge is 2.13. The molecule has 0 saturated heterocycles. The van der Waals surface area contributed by atoms with E-state index in [0.29, 0.717) is 16.3 Å². The van der Waals surface area contributed by atoms with Crippen molar-refractivity contribution in [3.63, 3.8) is 0 Å². The van der Waals surface area contributed by atoms with E-state index in [1.165, 1.54) is 22.8 Å². The number of pyridine rings is 1. The van der Waals surface area contributed by atoms with E-state index in [4.69, 9.17) is 11.6 Å². The fraction of sp³-hybridized carbons (Fsp3) is 0.100. The number of halogens is 2. The van der Waals surface area contributed by atoms with E-state index in [0.717, 1.165) is 5.56 Å². The molecule has 1 aromatic heterocycles. The van der Waals surface area contributed by atoms with Crippen molar-refractivity contribution in [3.8, 4) is 0 Å². The molecule has 132 valence electrons. The van der Waals surface area contributed by atoms with Gasteiger partial charge in [-0.05, 0) is 54.4 Å². The third-order valence-electron chi connectivity index (χ3n) is 3.94. The lowest BCUT2D eigenvalue weighted by Crippen LogP contribution is -2.29. The first-order valence-electron chi connectivity index (χ1n) is 7.95. The van der Waals surface area contributed by atoms with Gasteiger partial charge >= 0.3 is 0 Å². The number of hydrogen-bond donors (Lipinski definition) is 1. The van der Waals surface area contributed by atoms with E-state index < -0.39 is 11.5 Å². The van der Waals surface area contributed by atoms with Crippen LogP contribution in [0.25, 0.3) is 0 Å². The monoisotopic (exact) mass is 370 g/mol. The number of rotatable bonds is 4. The number of aromatic nitrogens is 1. The van der Waals surface area contributed by atoms with Crippen molar-refractivity contribution in [2.45, 2.75) is 13.5 Å². The quantitative estimate of drug-likeness (QED) is 0.746. The standard InChI is InChI=1S/C20H16ClFN2O2/c1-13-7-8-16(11-18(13)21)23-19(25)17-6-3-9-24(20(17)26)12-14-4-2-5-15(22)10-14/h2-11H,12H2,1H3,(H,23,25). The Kier molecular flexibility index (Phi) is 5.19. The Balaban J connectivity index is 1.85. The summed E-state index contributed by atoms with van der Waals surface area (Å²) in [7, 11) is 0. The van der Waals surface area contributed by atoms with Crippen molar-refractivity contribution < 1.29 is 9.18 Å². The summed E-state index contributed by atoms with van der Waals surface area (Å²) in [6.07, 6.45) is 1.56. The predicted octanol–water partition coefficient (Wildman–Crippen LogP) is 4.25. The molecule has 0 spiro atoms. The predicted molar refractivity (Wildman–Crippen MR) is 100 cm³/mol. The first kappa shape index (κ1) is 17.9. The smallest absolute Gasteiger partial charge is 0.263 e. The molecule has 1 N–H and O–H groups in total. The maximum atomic E-state index is 13.3. The van der Waals surface area contributed by atoms with Gasteiger partial charge in [-0.3, -0.25) is 9.59 Å². The number of anilines is 1. The van der Waals surface area contributed by atoms with Crippen LogP contribution in [0.2, 0.25) is 5.02 Å². The Hall–Kier alpha value is -2.92. The summed E-state index contributed by atoms with van der Waals surface area (Å²) in [5.41, 5.74) is 1.58. The van der Waals surface area contributed by atoms with Crippen LogP contribution in [0.1, 0.15) is 21.5 Å². The van der Waals surface area contributed by atoms with Gasteiger partial charge in [-0.25, -0.2) is 4.39 Å². The number of nitrogens with zero attached hydrogens (tertiary/aromatic N) is 1. The molecule has 4 nitrogen and oxygen atoms in total. The third kappa shape index (κ3) is 4.00. The average molecular weight is 371 g/mol. The Morgan fingerprint density at radius 3 is 2.69 bits per heavy atom. The van der Waals surface area contributed by atoms with E-state index in [9.17, 15) is 14.0 Å². The second-order valence-electron chi connectivity index (χ2n) is 5.90. The van der Waals surface area contributed by atoms with Crippen LogP contribution < -0.4 is 10.9 Å². The number of benzene rings is 2. The molecule has 6 heteroatoms. The summed E-state index contributed by atoms with van der Waals surface area (Å²) in [6.45, 7) is 2.03. The van der Waals surface area contributed by atoms with Gasteiger partial charge in [0.25, 0.3) is 11.5 Å². The number of carbonyl (C=O) groups is 1. The Morgan fingerprint density at radius 1 is 1.15 bits per heavy atom. The molecule has 0 aliphatic rings. The van der Waals surface area contributed by atoms with E-state index >= 15 is 0 Å². The number of carbonyl (C=O) groups excluding carboxylic acids is 1. The second-order valence-corrected chi connectivity index (χ2v) is 6.31. The van der Waals surface area contributed by atoms with E-state index in [-0.39, 0.29) is 17.9 Å². The molecule has 26 heavy (non-hydrogen) atoms. The minimum Gasteiger partial charge on any atom is -0.322 e. The summed E-state index contributed by atoms with van der Waals surface area (Å²) < 4.78 is 14.7. The normalized spacial score (nSPS) is 10.6. The number of hydrogen-bond acceptors (Lipinski definition) is 2. The van der Waals surface area contributed by atoms with E-state index in [2.05, 4.69) is 5.32 Å². The molecule has 2 aromatic carbocycles. The maximum Gasteiger partial charge on any atom is 0.263 e. The zero-order valence-electron chi connectivity index (χ0n) is 14.0. The third-order valence-corrected chi connectivity index (χ3v) is 4.34. The molecule has 0 aliphatic heterocycles. The molecule has 0 radical (unpaired) electrons. The molecule has 0 bridgehead atoms. The van der Waals surface area contributed by atoms with Gasteiger partial charge in [0.1, 0.15) is 11.4 Å². The minimum atomic E-state index is -0.525. The van der Waals surface area contributed by atoms with Crippen molar-refractivity contribution in [1.29, 1.82) is 0 Å². The molecule has 0 saturated carbocycles. The number of aryl methyl sites for hydroxylation is 1. The topological polar surface area (TPSA) is 51.1 Å². The van der Waals surface area contributed by atoms with Crippen LogP contribution in [0.5, 0.6) is 0 Å². The van der Waals surface area contributed by atoms with Gasteiger partial charge in [-0.1, -0.05) is 29.8 Å². The highest BCUT2D eigenvalue weighted by molar-refractivity contribution is 6.31. The fourth-order valence-electron chi connectivity index (χ4n) is 2.54. The molecule has 3 rings (SSSR count). The molecule has 1 heterocycles. The average Bonchev–Trinajstić information content (AvgIpc) is 2.60. The lowest BCUT2D eigenvalue weighted by atomic mass is 10.2. The second kappa shape index (κ2) is 7.54. The Labute approximate surface area is 154 Å². The summed E-state index contributed by atoms with van der Waals surface area (Å²) >= 11 is 6.06.